The van der Waals surface area contributed by atoms with E-state index in [1.807, 2.05) is 6.92 Å². The van der Waals surface area contributed by atoms with Crippen LogP contribution in [-0.2, 0) is 14.4 Å². The van der Waals surface area contributed by atoms with Gasteiger partial charge < -0.3 is 9.47 Å². The molecule has 1 aliphatic rings. The Labute approximate surface area is 172 Å². The number of amides is 2. The minimum Gasteiger partial charge on any atom is -0.493 e. The molecule has 1 fully saturated rings. The van der Waals surface area contributed by atoms with E-state index in [9.17, 15) is 14.4 Å². The van der Waals surface area contributed by atoms with Crippen LogP contribution in [0.15, 0.2) is 42.0 Å². The van der Waals surface area contributed by atoms with Crippen LogP contribution in [0, 0.1) is 6.92 Å². The van der Waals surface area contributed by atoms with E-state index in [2.05, 4.69) is 5.43 Å². The summed E-state index contributed by atoms with van der Waals surface area (Å²) in [5, 5.41) is 1.64. The van der Waals surface area contributed by atoms with E-state index < -0.39 is 17.8 Å². The molecule has 1 N–H and O–H groups in total. The lowest BCUT2D eigenvalue weighted by Gasteiger charge is -2.15. The summed E-state index contributed by atoms with van der Waals surface area (Å²) in [6, 6.07) is 9.82. The van der Waals surface area contributed by atoms with E-state index >= 15 is 0 Å². The number of esters is 1. The molecule has 0 saturated carbocycles. The smallest absolute Gasteiger partial charge is 0.311 e. The Morgan fingerprint density at radius 3 is 2.59 bits per heavy atom. The Kier molecular flexibility index (Phi) is 5.89. The zero-order chi connectivity index (χ0) is 21.1. The van der Waals surface area contributed by atoms with Crippen molar-refractivity contribution >= 4 is 41.1 Å². The van der Waals surface area contributed by atoms with Gasteiger partial charge in [-0.1, -0.05) is 30.7 Å². The van der Waals surface area contributed by atoms with Crippen LogP contribution in [0.1, 0.15) is 24.5 Å². The SMILES string of the molecule is CCC(=O)Oc1ccc(C=C2C(=O)NN(c3ccc(C)c(Cl)c3)C2=O)cc1OC. The summed E-state index contributed by atoms with van der Waals surface area (Å²) in [5.74, 6) is -0.858. The summed E-state index contributed by atoms with van der Waals surface area (Å²) in [5.41, 5.74) is 4.35. The van der Waals surface area contributed by atoms with Crippen molar-refractivity contribution in [2.24, 2.45) is 0 Å². The fourth-order valence-electron chi connectivity index (χ4n) is 2.68. The Morgan fingerprint density at radius 2 is 1.93 bits per heavy atom. The van der Waals surface area contributed by atoms with Gasteiger partial charge in [-0.05, 0) is 48.4 Å². The second-order valence-corrected chi connectivity index (χ2v) is 6.72. The van der Waals surface area contributed by atoms with E-state index in [0.717, 1.165) is 10.6 Å². The summed E-state index contributed by atoms with van der Waals surface area (Å²) in [6.07, 6.45) is 1.67. The van der Waals surface area contributed by atoms with Crippen molar-refractivity contribution in [3.63, 3.8) is 0 Å². The molecule has 29 heavy (non-hydrogen) atoms. The second kappa shape index (κ2) is 8.36. The van der Waals surface area contributed by atoms with Crippen LogP contribution in [0.5, 0.6) is 11.5 Å². The first-order valence-electron chi connectivity index (χ1n) is 8.86. The predicted octanol–water partition coefficient (Wildman–Crippen LogP) is 3.43. The zero-order valence-corrected chi connectivity index (χ0v) is 16.9. The van der Waals surface area contributed by atoms with E-state index in [1.54, 1.807) is 43.3 Å². The molecule has 0 bridgehead atoms. The van der Waals surface area contributed by atoms with E-state index in [1.165, 1.54) is 13.2 Å². The number of nitrogens with zero attached hydrogens (tertiary/aromatic N) is 1. The lowest BCUT2D eigenvalue weighted by atomic mass is 10.1. The average molecular weight is 415 g/mol. The third-order valence-corrected chi connectivity index (χ3v) is 4.72. The topological polar surface area (TPSA) is 84.9 Å². The largest absolute Gasteiger partial charge is 0.493 e. The van der Waals surface area contributed by atoms with Crippen LogP contribution >= 0.6 is 11.6 Å². The van der Waals surface area contributed by atoms with Gasteiger partial charge in [0.05, 0.1) is 12.8 Å². The molecule has 0 aliphatic carbocycles. The summed E-state index contributed by atoms with van der Waals surface area (Å²) in [4.78, 5) is 36.6. The molecule has 0 radical (unpaired) electrons. The zero-order valence-electron chi connectivity index (χ0n) is 16.1. The number of carbonyl (C=O) groups excluding carboxylic acids is 3. The van der Waals surface area contributed by atoms with Gasteiger partial charge in [-0.25, -0.2) is 5.01 Å². The van der Waals surface area contributed by atoms with Gasteiger partial charge in [0.1, 0.15) is 5.57 Å². The molecule has 3 rings (SSSR count). The lowest BCUT2D eigenvalue weighted by Crippen LogP contribution is -2.35. The van der Waals surface area contributed by atoms with Gasteiger partial charge in [-0.2, -0.15) is 0 Å². The first-order valence-corrected chi connectivity index (χ1v) is 9.23. The molecular formula is C21H19ClN2O5. The number of hydrazine groups is 1. The molecule has 1 saturated heterocycles. The number of anilines is 1. The number of methoxy groups -OCH3 is 1. The number of halogens is 1. The maximum absolute atomic E-state index is 12.8. The van der Waals surface area contributed by atoms with Crippen molar-refractivity contribution in [3.8, 4) is 11.5 Å². The van der Waals surface area contributed by atoms with Gasteiger partial charge >= 0.3 is 5.97 Å². The maximum Gasteiger partial charge on any atom is 0.311 e. The highest BCUT2D eigenvalue weighted by Gasteiger charge is 2.34. The molecular weight excluding hydrogens is 396 g/mol. The van der Waals surface area contributed by atoms with Crippen molar-refractivity contribution < 1.29 is 23.9 Å². The molecule has 0 aromatic heterocycles. The molecule has 1 aliphatic heterocycles. The van der Waals surface area contributed by atoms with E-state index in [0.29, 0.717) is 22.0 Å². The third-order valence-electron chi connectivity index (χ3n) is 4.32. The Balaban J connectivity index is 1.89. The second-order valence-electron chi connectivity index (χ2n) is 6.31. The number of carbonyl (C=O) groups is 3. The van der Waals surface area contributed by atoms with Gasteiger partial charge in [-0.3, -0.25) is 19.8 Å². The van der Waals surface area contributed by atoms with Crippen LogP contribution in [0.25, 0.3) is 6.08 Å². The van der Waals surface area contributed by atoms with Crippen LogP contribution in [0.3, 0.4) is 0 Å². The summed E-state index contributed by atoms with van der Waals surface area (Å²) in [6.45, 7) is 3.53. The van der Waals surface area contributed by atoms with Gasteiger partial charge in [0, 0.05) is 11.4 Å². The van der Waals surface area contributed by atoms with E-state index in [-0.39, 0.29) is 17.7 Å². The molecule has 0 unspecified atom stereocenters. The van der Waals surface area contributed by atoms with Crippen LogP contribution in [0.4, 0.5) is 5.69 Å². The van der Waals surface area contributed by atoms with Crippen molar-refractivity contribution in [3.05, 3.63) is 58.1 Å². The molecule has 2 amide bonds. The monoisotopic (exact) mass is 414 g/mol. The number of rotatable bonds is 5. The van der Waals surface area contributed by atoms with Crippen molar-refractivity contribution in [1.29, 1.82) is 0 Å². The highest BCUT2D eigenvalue weighted by molar-refractivity contribution is 6.33. The molecule has 150 valence electrons. The third kappa shape index (κ3) is 4.25. The maximum atomic E-state index is 12.8. The molecule has 1 heterocycles. The van der Waals surface area contributed by atoms with Gasteiger partial charge in [-0.15, -0.1) is 0 Å². The molecule has 2 aromatic rings. The molecule has 0 atom stereocenters. The molecule has 2 aromatic carbocycles. The number of nitrogens with one attached hydrogen (secondary N) is 1. The first kappa shape index (κ1) is 20.4. The summed E-state index contributed by atoms with van der Waals surface area (Å²) < 4.78 is 10.4. The molecule has 0 spiro atoms. The minimum absolute atomic E-state index is 0.0398. The molecule has 7 nitrogen and oxygen atoms in total. The highest BCUT2D eigenvalue weighted by Crippen LogP contribution is 2.31. The Hall–Kier alpha value is -3.32. The van der Waals surface area contributed by atoms with Crippen LogP contribution < -0.4 is 19.9 Å². The standard InChI is InChI=1S/C21H19ClN2O5/c1-4-19(25)29-17-8-6-13(10-18(17)28-3)9-15-20(26)23-24(21(15)27)14-7-5-12(2)16(22)11-14/h5-11H,4H2,1-3H3,(H,23,26). The Bertz CT molecular complexity index is 1030. The quantitative estimate of drug-likeness (QED) is 0.350. The Morgan fingerprint density at radius 1 is 1.17 bits per heavy atom. The molecule has 8 heteroatoms. The van der Waals surface area contributed by atoms with Crippen LogP contribution in [-0.4, -0.2) is 24.9 Å². The minimum atomic E-state index is -0.535. The highest BCUT2D eigenvalue weighted by atomic mass is 35.5. The van der Waals surface area contributed by atoms with Gasteiger partial charge in [0.15, 0.2) is 11.5 Å². The van der Waals surface area contributed by atoms with Crippen molar-refractivity contribution in [2.45, 2.75) is 20.3 Å². The van der Waals surface area contributed by atoms with Crippen molar-refractivity contribution in [2.75, 3.05) is 12.1 Å². The normalized spacial score (nSPS) is 14.9. The number of hydrogen-bond donors (Lipinski definition) is 1. The predicted molar refractivity (Wildman–Crippen MR) is 109 cm³/mol. The summed E-state index contributed by atoms with van der Waals surface area (Å²) in [7, 11) is 1.44. The fraction of sp³-hybridized carbons (Fsp3) is 0.190. The summed E-state index contributed by atoms with van der Waals surface area (Å²) >= 11 is 6.12. The van der Waals surface area contributed by atoms with Crippen molar-refractivity contribution in [1.82, 2.24) is 5.43 Å². The van der Waals surface area contributed by atoms with Gasteiger partial charge in [0.25, 0.3) is 11.8 Å². The number of ether oxygens (including phenoxy) is 2. The lowest BCUT2D eigenvalue weighted by molar-refractivity contribution is -0.134. The van der Waals surface area contributed by atoms with Crippen LogP contribution in [0.2, 0.25) is 5.02 Å². The fourth-order valence-corrected chi connectivity index (χ4v) is 2.85. The van der Waals surface area contributed by atoms with Gasteiger partial charge in [0.2, 0.25) is 0 Å². The number of hydrogen-bond acceptors (Lipinski definition) is 5. The van der Waals surface area contributed by atoms with E-state index in [4.69, 9.17) is 21.1 Å². The number of benzene rings is 2. The number of aryl methyl sites for hydroxylation is 1. The first-order chi connectivity index (χ1) is 13.8. The average Bonchev–Trinajstić information content (AvgIpc) is 2.99.